The first-order valence-electron chi connectivity index (χ1n) is 4.79. The van der Waals surface area contributed by atoms with Crippen molar-refractivity contribution >= 4 is 40.8 Å². The van der Waals surface area contributed by atoms with Gasteiger partial charge in [-0.1, -0.05) is 46.9 Å². The normalized spacial score (nSPS) is 31.1. The molecule has 0 aromatic heterocycles. The number of hydrogen-bond acceptors (Lipinski definition) is 3. The molecule has 0 saturated carbocycles. The maximum Gasteiger partial charge on any atom is 0.357 e. The molecular formula is C11H9Cl3O3. The van der Waals surface area contributed by atoms with Crippen LogP contribution in [0.5, 0.6) is 0 Å². The summed E-state index contributed by atoms with van der Waals surface area (Å²) in [6.45, 7) is 1.66. The second-order valence-electron chi connectivity index (χ2n) is 3.82. The lowest BCUT2D eigenvalue weighted by Gasteiger charge is -2.12. The minimum absolute atomic E-state index is 0.322. The van der Waals surface area contributed by atoms with E-state index in [4.69, 9.17) is 39.5 Å². The zero-order chi connectivity index (χ0) is 12.8. The fourth-order valence-electron chi connectivity index (χ4n) is 1.72. The van der Waals surface area contributed by atoms with Gasteiger partial charge in [0, 0.05) is 5.56 Å². The minimum Gasteiger partial charge on any atom is -0.466 e. The van der Waals surface area contributed by atoms with Crippen LogP contribution in [0.4, 0.5) is 0 Å². The van der Waals surface area contributed by atoms with Crippen molar-refractivity contribution in [2.75, 3.05) is 7.11 Å². The Bertz CT molecular complexity index is 491. The van der Waals surface area contributed by atoms with Crippen LogP contribution in [0, 0.1) is 0 Å². The van der Waals surface area contributed by atoms with E-state index in [9.17, 15) is 4.79 Å². The number of esters is 1. The molecule has 2 atom stereocenters. The fraction of sp³-hybridized carbons (Fsp3) is 0.364. The zero-order valence-electron chi connectivity index (χ0n) is 9.09. The van der Waals surface area contributed by atoms with Crippen molar-refractivity contribution in [3.05, 3.63) is 33.8 Å². The molecule has 6 heteroatoms. The number of methoxy groups -OCH3 is 1. The topological polar surface area (TPSA) is 38.8 Å². The number of epoxide rings is 1. The van der Waals surface area contributed by atoms with Crippen molar-refractivity contribution in [3.8, 4) is 0 Å². The average molecular weight is 296 g/mol. The second kappa shape index (κ2) is 4.02. The van der Waals surface area contributed by atoms with Gasteiger partial charge in [-0.15, -0.1) is 0 Å². The Kier molecular flexibility index (Phi) is 3.07. The molecule has 0 radical (unpaired) electrons. The SMILES string of the molecule is COC(=O)C1(Cl)OC1(C)c1cccc(Cl)c1Cl. The lowest BCUT2D eigenvalue weighted by Crippen LogP contribution is -2.27. The van der Waals surface area contributed by atoms with Crippen LogP contribution in [0.25, 0.3) is 0 Å². The van der Waals surface area contributed by atoms with Gasteiger partial charge >= 0.3 is 5.97 Å². The Hall–Kier alpha value is -0.480. The molecule has 2 unspecified atom stereocenters. The van der Waals surface area contributed by atoms with Crippen LogP contribution in [0.1, 0.15) is 12.5 Å². The van der Waals surface area contributed by atoms with Crippen molar-refractivity contribution in [2.45, 2.75) is 17.6 Å². The van der Waals surface area contributed by atoms with E-state index < -0.39 is 16.6 Å². The van der Waals surface area contributed by atoms with Crippen LogP contribution in [-0.2, 0) is 19.9 Å². The Balaban J connectivity index is 2.44. The summed E-state index contributed by atoms with van der Waals surface area (Å²) in [6.07, 6.45) is 0. The fourth-order valence-corrected chi connectivity index (χ4v) is 2.54. The van der Waals surface area contributed by atoms with E-state index in [-0.39, 0.29) is 0 Å². The lowest BCUT2D eigenvalue weighted by molar-refractivity contribution is -0.143. The smallest absolute Gasteiger partial charge is 0.357 e. The Morgan fingerprint density at radius 3 is 2.65 bits per heavy atom. The highest BCUT2D eigenvalue weighted by molar-refractivity contribution is 6.43. The number of alkyl halides is 1. The van der Waals surface area contributed by atoms with Gasteiger partial charge in [-0.25, -0.2) is 4.79 Å². The summed E-state index contributed by atoms with van der Waals surface area (Å²) in [4.78, 5) is 11.5. The molecule has 0 bridgehead atoms. The number of halogens is 3. The predicted octanol–water partition coefficient (Wildman–Crippen LogP) is 3.35. The van der Waals surface area contributed by atoms with Crippen molar-refractivity contribution < 1.29 is 14.3 Å². The number of hydrogen-bond donors (Lipinski definition) is 0. The highest BCUT2D eigenvalue weighted by Gasteiger charge is 2.74. The summed E-state index contributed by atoms with van der Waals surface area (Å²) < 4.78 is 9.91. The number of ether oxygens (including phenoxy) is 2. The lowest BCUT2D eigenvalue weighted by atomic mass is 9.97. The molecule has 0 N–H and O–H groups in total. The van der Waals surface area contributed by atoms with Gasteiger partial charge in [0.2, 0.25) is 0 Å². The van der Waals surface area contributed by atoms with E-state index in [1.165, 1.54) is 7.11 Å². The van der Waals surface area contributed by atoms with E-state index in [0.29, 0.717) is 15.6 Å². The van der Waals surface area contributed by atoms with Gasteiger partial charge in [-0.05, 0) is 13.0 Å². The molecule has 1 fully saturated rings. The van der Waals surface area contributed by atoms with Crippen molar-refractivity contribution in [3.63, 3.8) is 0 Å². The van der Waals surface area contributed by atoms with Gasteiger partial charge in [0.05, 0.1) is 17.2 Å². The average Bonchev–Trinajstić information content (AvgIpc) is 2.87. The summed E-state index contributed by atoms with van der Waals surface area (Å²) in [5.41, 5.74) is -0.462. The van der Waals surface area contributed by atoms with Gasteiger partial charge in [-0.3, -0.25) is 0 Å². The van der Waals surface area contributed by atoms with Crippen molar-refractivity contribution in [2.24, 2.45) is 0 Å². The van der Waals surface area contributed by atoms with Crippen LogP contribution < -0.4 is 0 Å². The molecule has 0 aliphatic carbocycles. The molecule has 2 rings (SSSR count). The quantitative estimate of drug-likeness (QED) is 0.477. The summed E-state index contributed by atoms with van der Waals surface area (Å²) in [5, 5.41) is -0.830. The van der Waals surface area contributed by atoms with Crippen LogP contribution >= 0.6 is 34.8 Å². The van der Waals surface area contributed by atoms with Gasteiger partial charge in [0.1, 0.15) is 5.60 Å². The minimum atomic E-state index is -1.53. The molecule has 1 aliphatic heterocycles. The van der Waals surface area contributed by atoms with Crippen LogP contribution in [0.2, 0.25) is 10.0 Å². The van der Waals surface area contributed by atoms with E-state index in [2.05, 4.69) is 4.74 Å². The first-order chi connectivity index (χ1) is 7.87. The first kappa shape index (κ1) is 13.0. The number of rotatable bonds is 2. The molecule has 1 aromatic rings. The third-order valence-corrected chi connectivity index (χ3v) is 4.24. The number of carbonyl (C=O) groups excluding carboxylic acids is 1. The van der Waals surface area contributed by atoms with Crippen molar-refractivity contribution in [1.82, 2.24) is 0 Å². The van der Waals surface area contributed by atoms with E-state index in [0.717, 1.165) is 0 Å². The van der Waals surface area contributed by atoms with Crippen LogP contribution in [0.3, 0.4) is 0 Å². The van der Waals surface area contributed by atoms with Crippen LogP contribution in [-0.4, -0.2) is 18.1 Å². The Labute approximate surface area is 114 Å². The first-order valence-corrected chi connectivity index (χ1v) is 5.92. The van der Waals surface area contributed by atoms with Crippen molar-refractivity contribution in [1.29, 1.82) is 0 Å². The highest BCUT2D eigenvalue weighted by atomic mass is 35.5. The van der Waals surface area contributed by atoms with Gasteiger partial charge in [0.25, 0.3) is 5.06 Å². The van der Waals surface area contributed by atoms with Gasteiger partial charge in [-0.2, -0.15) is 0 Å². The monoisotopic (exact) mass is 294 g/mol. The number of carbonyl (C=O) groups is 1. The molecular weight excluding hydrogens is 286 g/mol. The molecule has 1 saturated heterocycles. The highest BCUT2D eigenvalue weighted by Crippen LogP contribution is 2.60. The number of benzene rings is 1. The second-order valence-corrected chi connectivity index (χ2v) is 5.14. The maximum atomic E-state index is 11.5. The largest absolute Gasteiger partial charge is 0.466 e. The standard InChI is InChI=1S/C11H9Cl3O3/c1-10(11(14,17-10)9(15)16-2)6-4-3-5-7(12)8(6)13/h3-5H,1-2H3. The molecule has 0 amide bonds. The molecule has 1 heterocycles. The summed E-state index contributed by atoms with van der Waals surface area (Å²) >= 11 is 18.0. The molecule has 1 aliphatic rings. The Morgan fingerprint density at radius 2 is 2.06 bits per heavy atom. The summed E-state index contributed by atoms with van der Waals surface area (Å²) in [6, 6.07) is 5.07. The van der Waals surface area contributed by atoms with E-state index in [1.54, 1.807) is 25.1 Å². The maximum absolute atomic E-state index is 11.5. The summed E-state index contributed by atoms with van der Waals surface area (Å²) in [7, 11) is 1.24. The zero-order valence-corrected chi connectivity index (χ0v) is 11.4. The predicted molar refractivity (Wildman–Crippen MR) is 65.5 cm³/mol. The molecule has 92 valence electrons. The van der Waals surface area contributed by atoms with Crippen LogP contribution in [0.15, 0.2) is 18.2 Å². The molecule has 3 nitrogen and oxygen atoms in total. The third-order valence-electron chi connectivity index (χ3n) is 2.83. The Morgan fingerprint density at radius 1 is 1.41 bits per heavy atom. The summed E-state index contributed by atoms with van der Waals surface area (Å²) in [5.74, 6) is -0.655. The molecule has 17 heavy (non-hydrogen) atoms. The van der Waals surface area contributed by atoms with Gasteiger partial charge in [0.15, 0.2) is 0 Å². The third kappa shape index (κ3) is 1.73. The van der Waals surface area contributed by atoms with E-state index >= 15 is 0 Å². The molecule has 1 aromatic carbocycles. The van der Waals surface area contributed by atoms with E-state index in [1.807, 2.05) is 0 Å². The van der Waals surface area contributed by atoms with Gasteiger partial charge < -0.3 is 9.47 Å². The molecule has 0 spiro atoms.